The molecule has 1 aliphatic carbocycles. The molecule has 0 spiro atoms. The molecule has 1 amide bonds. The van der Waals surface area contributed by atoms with Crippen molar-refractivity contribution in [2.45, 2.75) is 58.2 Å². The Morgan fingerprint density at radius 2 is 1.80 bits per heavy atom. The van der Waals surface area contributed by atoms with Crippen molar-refractivity contribution in [2.75, 3.05) is 13.1 Å². The highest BCUT2D eigenvalue weighted by molar-refractivity contribution is 8.18. The Kier molecular flexibility index (Phi) is 4.17. The highest BCUT2D eigenvalue weighted by Crippen LogP contribution is 2.37. The van der Waals surface area contributed by atoms with E-state index in [0.717, 1.165) is 36.0 Å². The van der Waals surface area contributed by atoms with E-state index in [2.05, 4.69) is 23.7 Å². The summed E-state index contributed by atoms with van der Waals surface area (Å²) in [5, 5.41) is 0.880. The number of amidine groups is 1. The van der Waals surface area contributed by atoms with Gasteiger partial charge in [-0.15, -0.1) is 0 Å². The molecule has 110 valence electrons. The normalized spacial score (nSPS) is 31.8. The first-order valence-corrected chi connectivity index (χ1v) is 8.38. The van der Waals surface area contributed by atoms with Crippen molar-refractivity contribution in [1.82, 2.24) is 4.90 Å². The first kappa shape index (κ1) is 14.1. The lowest BCUT2D eigenvalue weighted by Crippen LogP contribution is -2.47. The standard InChI is InChI=1S/C15H22N2O2S/c1-10-8-17(9-11(2)19-10)15-16-14(18)13(20-15)12-6-4-3-5-7-12/h10-11H,3-9H2,1-2H3/t10-,11-/m1/s1. The molecule has 0 radical (unpaired) electrons. The summed E-state index contributed by atoms with van der Waals surface area (Å²) in [6.45, 7) is 5.80. The number of allylic oxidation sites excluding steroid dienone is 1. The number of morpholine rings is 1. The second kappa shape index (κ2) is 5.90. The van der Waals surface area contributed by atoms with Crippen LogP contribution in [-0.4, -0.2) is 41.3 Å². The Morgan fingerprint density at radius 1 is 1.15 bits per heavy atom. The van der Waals surface area contributed by atoms with Crippen LogP contribution in [0.2, 0.25) is 0 Å². The lowest BCUT2D eigenvalue weighted by atomic mass is 9.94. The molecule has 2 aliphatic heterocycles. The Bertz CT molecular complexity index is 454. The highest BCUT2D eigenvalue weighted by atomic mass is 32.2. The first-order chi connectivity index (χ1) is 9.63. The van der Waals surface area contributed by atoms with E-state index in [-0.39, 0.29) is 18.1 Å². The van der Waals surface area contributed by atoms with Crippen LogP contribution in [0.5, 0.6) is 0 Å². The molecule has 1 saturated carbocycles. The van der Waals surface area contributed by atoms with Crippen LogP contribution in [0.4, 0.5) is 0 Å². The lowest BCUT2D eigenvalue weighted by molar-refractivity contribution is -0.113. The zero-order valence-electron chi connectivity index (χ0n) is 12.2. The smallest absolute Gasteiger partial charge is 0.286 e. The van der Waals surface area contributed by atoms with E-state index in [4.69, 9.17) is 4.74 Å². The number of ether oxygens (including phenoxy) is 1. The van der Waals surface area contributed by atoms with Gasteiger partial charge in [0, 0.05) is 13.1 Å². The van der Waals surface area contributed by atoms with E-state index in [0.29, 0.717) is 0 Å². The molecule has 2 atom stereocenters. The Morgan fingerprint density at radius 3 is 2.45 bits per heavy atom. The summed E-state index contributed by atoms with van der Waals surface area (Å²) >= 11 is 1.59. The van der Waals surface area contributed by atoms with E-state index >= 15 is 0 Å². The van der Waals surface area contributed by atoms with Gasteiger partial charge in [0.05, 0.1) is 17.1 Å². The van der Waals surface area contributed by atoms with Crippen molar-refractivity contribution in [3.8, 4) is 0 Å². The van der Waals surface area contributed by atoms with Crippen LogP contribution in [0.1, 0.15) is 46.0 Å². The molecular weight excluding hydrogens is 272 g/mol. The Hall–Kier alpha value is -0.810. The maximum Gasteiger partial charge on any atom is 0.286 e. The quantitative estimate of drug-likeness (QED) is 0.644. The maximum atomic E-state index is 12.2. The van der Waals surface area contributed by atoms with Crippen LogP contribution in [0, 0.1) is 0 Å². The third-order valence-electron chi connectivity index (χ3n) is 4.05. The van der Waals surface area contributed by atoms with Gasteiger partial charge in [0.25, 0.3) is 5.91 Å². The number of carbonyl (C=O) groups is 1. The number of amides is 1. The summed E-state index contributed by atoms with van der Waals surface area (Å²) in [7, 11) is 0. The molecule has 0 aromatic heterocycles. The molecular formula is C15H22N2O2S. The Balaban J connectivity index is 1.73. The summed E-state index contributed by atoms with van der Waals surface area (Å²) in [5.74, 6) is -0.0197. The summed E-state index contributed by atoms with van der Waals surface area (Å²) in [6.07, 6.45) is 6.27. The molecule has 5 heteroatoms. The molecule has 2 heterocycles. The Labute approximate surface area is 124 Å². The fourth-order valence-corrected chi connectivity index (χ4v) is 4.26. The van der Waals surface area contributed by atoms with E-state index in [1.165, 1.54) is 24.8 Å². The maximum absolute atomic E-state index is 12.2. The van der Waals surface area contributed by atoms with Gasteiger partial charge >= 0.3 is 0 Å². The molecule has 0 N–H and O–H groups in total. The number of carbonyl (C=O) groups excluding carboxylic acids is 1. The molecule has 3 aliphatic rings. The molecule has 0 aromatic rings. The van der Waals surface area contributed by atoms with Crippen molar-refractivity contribution < 1.29 is 9.53 Å². The number of nitrogens with zero attached hydrogens (tertiary/aromatic N) is 2. The van der Waals surface area contributed by atoms with Gasteiger partial charge in [-0.2, -0.15) is 4.99 Å². The van der Waals surface area contributed by atoms with Gasteiger partial charge in [0.1, 0.15) is 0 Å². The molecule has 0 aromatic carbocycles. The predicted octanol–water partition coefficient (Wildman–Crippen LogP) is 2.94. The van der Waals surface area contributed by atoms with Crippen molar-refractivity contribution in [3.05, 3.63) is 10.5 Å². The van der Waals surface area contributed by atoms with Crippen LogP contribution in [0.15, 0.2) is 15.5 Å². The second-order valence-electron chi connectivity index (χ2n) is 5.96. The van der Waals surface area contributed by atoms with Crippen molar-refractivity contribution in [2.24, 2.45) is 4.99 Å². The zero-order valence-corrected chi connectivity index (χ0v) is 13.0. The first-order valence-electron chi connectivity index (χ1n) is 7.57. The largest absolute Gasteiger partial charge is 0.372 e. The van der Waals surface area contributed by atoms with Gasteiger partial charge in [-0.25, -0.2) is 0 Å². The monoisotopic (exact) mass is 294 g/mol. The van der Waals surface area contributed by atoms with Crippen LogP contribution >= 0.6 is 11.8 Å². The van der Waals surface area contributed by atoms with Crippen molar-refractivity contribution >= 4 is 22.8 Å². The minimum atomic E-state index is -0.0197. The average Bonchev–Trinajstić information content (AvgIpc) is 2.81. The summed E-state index contributed by atoms with van der Waals surface area (Å²) < 4.78 is 5.74. The number of hydrogen-bond acceptors (Lipinski definition) is 4. The van der Waals surface area contributed by atoms with Gasteiger partial charge in [0.15, 0.2) is 5.17 Å². The molecule has 3 rings (SSSR count). The fourth-order valence-electron chi connectivity index (χ4n) is 3.19. The van der Waals surface area contributed by atoms with Crippen LogP contribution < -0.4 is 0 Å². The molecule has 0 bridgehead atoms. The topological polar surface area (TPSA) is 41.9 Å². The van der Waals surface area contributed by atoms with Gasteiger partial charge in [-0.3, -0.25) is 4.79 Å². The minimum Gasteiger partial charge on any atom is -0.372 e. The van der Waals surface area contributed by atoms with Crippen LogP contribution in [0.3, 0.4) is 0 Å². The minimum absolute atomic E-state index is 0.0197. The number of hydrogen-bond donors (Lipinski definition) is 0. The van der Waals surface area contributed by atoms with Crippen LogP contribution in [0.25, 0.3) is 0 Å². The zero-order chi connectivity index (χ0) is 14.1. The van der Waals surface area contributed by atoms with Crippen molar-refractivity contribution in [1.29, 1.82) is 0 Å². The molecule has 0 unspecified atom stereocenters. The number of thioether (sulfide) groups is 1. The third kappa shape index (κ3) is 2.93. The number of rotatable bonds is 0. The van der Waals surface area contributed by atoms with Crippen molar-refractivity contribution in [3.63, 3.8) is 0 Å². The SMILES string of the molecule is C[C@@H]1CN(C2=NC(=O)C(=C3CCCCC3)S2)C[C@@H](C)O1. The molecule has 20 heavy (non-hydrogen) atoms. The van der Waals surface area contributed by atoms with E-state index in [1.54, 1.807) is 11.8 Å². The summed E-state index contributed by atoms with van der Waals surface area (Å²) in [6, 6.07) is 0. The van der Waals surface area contributed by atoms with Crippen LogP contribution in [-0.2, 0) is 9.53 Å². The third-order valence-corrected chi connectivity index (χ3v) is 5.25. The summed E-state index contributed by atoms with van der Waals surface area (Å²) in [5.41, 5.74) is 1.33. The predicted molar refractivity (Wildman–Crippen MR) is 81.7 cm³/mol. The lowest BCUT2D eigenvalue weighted by Gasteiger charge is -2.35. The average molecular weight is 294 g/mol. The second-order valence-corrected chi connectivity index (χ2v) is 6.93. The van der Waals surface area contributed by atoms with Gasteiger partial charge in [-0.05, 0) is 51.3 Å². The van der Waals surface area contributed by atoms with Gasteiger partial charge < -0.3 is 9.64 Å². The highest BCUT2D eigenvalue weighted by Gasteiger charge is 2.32. The summed E-state index contributed by atoms with van der Waals surface area (Å²) in [4.78, 5) is 19.6. The van der Waals surface area contributed by atoms with E-state index in [9.17, 15) is 4.79 Å². The number of aliphatic imine (C=N–C) groups is 1. The van der Waals surface area contributed by atoms with Gasteiger partial charge in [0.2, 0.25) is 0 Å². The van der Waals surface area contributed by atoms with E-state index in [1.807, 2.05) is 0 Å². The van der Waals surface area contributed by atoms with Gasteiger partial charge in [-0.1, -0.05) is 12.0 Å². The molecule has 2 fully saturated rings. The molecule has 4 nitrogen and oxygen atoms in total. The fraction of sp³-hybridized carbons (Fsp3) is 0.733. The van der Waals surface area contributed by atoms with E-state index < -0.39 is 0 Å². The molecule has 1 saturated heterocycles.